The van der Waals surface area contributed by atoms with Crippen LogP contribution in [0.4, 0.5) is 11.4 Å². The monoisotopic (exact) mass is 266 g/mol. The molecule has 2 rings (SSSR count). The first kappa shape index (κ1) is 12.4. The van der Waals surface area contributed by atoms with E-state index >= 15 is 0 Å². The number of nitro groups is 1. The van der Waals surface area contributed by atoms with Gasteiger partial charge in [-0.1, -0.05) is 11.6 Å². The third kappa shape index (κ3) is 2.78. The molecule has 0 atom stereocenters. The van der Waals surface area contributed by atoms with Crippen LogP contribution in [0.2, 0.25) is 5.02 Å². The number of anilines is 1. The number of aryl methyl sites for hydroxylation is 1. The molecule has 0 radical (unpaired) electrons. The van der Waals surface area contributed by atoms with Crippen molar-refractivity contribution in [1.29, 1.82) is 0 Å². The predicted molar refractivity (Wildman–Crippen MR) is 68.6 cm³/mol. The van der Waals surface area contributed by atoms with Gasteiger partial charge in [0.15, 0.2) is 0 Å². The molecule has 2 aromatic rings. The molecule has 0 aliphatic heterocycles. The molecule has 6 nitrogen and oxygen atoms in total. The minimum absolute atomic E-state index is 0.0357. The van der Waals surface area contributed by atoms with Gasteiger partial charge in [-0.2, -0.15) is 5.10 Å². The van der Waals surface area contributed by atoms with Crippen molar-refractivity contribution >= 4 is 23.0 Å². The largest absolute Gasteiger partial charge is 0.375 e. The van der Waals surface area contributed by atoms with Crippen LogP contribution in [-0.4, -0.2) is 14.7 Å². The Balaban J connectivity index is 2.16. The summed E-state index contributed by atoms with van der Waals surface area (Å²) in [6, 6.07) is 4.53. The van der Waals surface area contributed by atoms with Gasteiger partial charge in [-0.25, -0.2) is 0 Å². The van der Waals surface area contributed by atoms with E-state index in [2.05, 4.69) is 10.4 Å². The third-order valence-electron chi connectivity index (χ3n) is 2.40. The van der Waals surface area contributed by atoms with Gasteiger partial charge in [0, 0.05) is 36.4 Å². The Morgan fingerprint density at radius 3 is 2.94 bits per heavy atom. The van der Waals surface area contributed by atoms with Gasteiger partial charge >= 0.3 is 0 Å². The molecule has 1 aromatic carbocycles. The number of aromatic nitrogens is 2. The van der Waals surface area contributed by atoms with E-state index in [0.717, 1.165) is 5.56 Å². The van der Waals surface area contributed by atoms with Gasteiger partial charge in [0.1, 0.15) is 5.69 Å². The standard InChI is InChI=1S/C11H11ClN4O2/c1-15-7-8(6-14-15)5-13-10-3-2-9(12)4-11(10)16(17)18/h2-4,6-7,13H,5H2,1H3. The van der Waals surface area contributed by atoms with Gasteiger partial charge in [-0.15, -0.1) is 0 Å². The Kier molecular flexibility index (Phi) is 3.47. The lowest BCUT2D eigenvalue weighted by molar-refractivity contribution is -0.383. The quantitative estimate of drug-likeness (QED) is 0.682. The minimum atomic E-state index is -0.461. The summed E-state index contributed by atoms with van der Waals surface area (Å²) < 4.78 is 1.67. The fourth-order valence-electron chi connectivity index (χ4n) is 1.57. The summed E-state index contributed by atoms with van der Waals surface area (Å²) in [5.74, 6) is 0. The molecule has 0 bridgehead atoms. The van der Waals surface area contributed by atoms with Crippen LogP contribution >= 0.6 is 11.6 Å². The molecule has 94 valence electrons. The molecule has 7 heteroatoms. The number of hydrogen-bond acceptors (Lipinski definition) is 4. The highest BCUT2D eigenvalue weighted by Gasteiger charge is 2.13. The maximum atomic E-state index is 10.9. The van der Waals surface area contributed by atoms with E-state index in [1.807, 2.05) is 13.2 Å². The smallest absolute Gasteiger partial charge is 0.293 e. The highest BCUT2D eigenvalue weighted by Crippen LogP contribution is 2.27. The van der Waals surface area contributed by atoms with Gasteiger partial charge in [-0.05, 0) is 12.1 Å². The van der Waals surface area contributed by atoms with Crippen LogP contribution < -0.4 is 5.32 Å². The molecule has 0 saturated heterocycles. The molecule has 0 saturated carbocycles. The fraction of sp³-hybridized carbons (Fsp3) is 0.182. The summed E-state index contributed by atoms with van der Waals surface area (Å²) in [7, 11) is 1.81. The second kappa shape index (κ2) is 5.05. The van der Waals surface area contributed by atoms with Crippen molar-refractivity contribution in [3.05, 3.63) is 51.3 Å². The van der Waals surface area contributed by atoms with Gasteiger partial charge in [0.2, 0.25) is 0 Å². The van der Waals surface area contributed by atoms with Crippen LogP contribution in [0.5, 0.6) is 0 Å². The zero-order valence-corrected chi connectivity index (χ0v) is 10.4. The molecule has 18 heavy (non-hydrogen) atoms. The number of benzene rings is 1. The SMILES string of the molecule is Cn1cc(CNc2ccc(Cl)cc2[N+](=O)[O-])cn1. The summed E-state index contributed by atoms with van der Waals surface area (Å²) in [6.45, 7) is 0.469. The Morgan fingerprint density at radius 2 is 2.33 bits per heavy atom. The zero-order chi connectivity index (χ0) is 13.1. The highest BCUT2D eigenvalue weighted by molar-refractivity contribution is 6.30. The number of rotatable bonds is 4. The van der Waals surface area contributed by atoms with E-state index in [4.69, 9.17) is 11.6 Å². The molecular formula is C11H11ClN4O2. The van der Waals surface area contributed by atoms with Gasteiger partial charge in [0.25, 0.3) is 5.69 Å². The average Bonchev–Trinajstić information content (AvgIpc) is 2.73. The Bertz CT molecular complexity index is 582. The second-order valence-corrected chi connectivity index (χ2v) is 4.23. The number of nitrogens with one attached hydrogen (secondary N) is 1. The number of hydrogen-bond donors (Lipinski definition) is 1. The number of nitrogens with zero attached hydrogens (tertiary/aromatic N) is 3. The van der Waals surface area contributed by atoms with Gasteiger partial charge in [-0.3, -0.25) is 14.8 Å². The van der Waals surface area contributed by atoms with Crippen LogP contribution in [0.25, 0.3) is 0 Å². The van der Waals surface area contributed by atoms with Crippen LogP contribution in [0, 0.1) is 10.1 Å². The van der Waals surface area contributed by atoms with Crippen molar-refractivity contribution in [3.63, 3.8) is 0 Å². The minimum Gasteiger partial charge on any atom is -0.375 e. The maximum absolute atomic E-state index is 10.9. The molecule has 0 aliphatic rings. The topological polar surface area (TPSA) is 73.0 Å². The molecule has 1 N–H and O–H groups in total. The van der Waals surface area contributed by atoms with E-state index < -0.39 is 4.92 Å². The Morgan fingerprint density at radius 1 is 1.56 bits per heavy atom. The molecule has 1 aromatic heterocycles. The first-order valence-electron chi connectivity index (χ1n) is 5.21. The Hall–Kier alpha value is -2.08. The van der Waals surface area contributed by atoms with E-state index in [1.165, 1.54) is 6.07 Å². The molecule has 0 amide bonds. The van der Waals surface area contributed by atoms with Crippen LogP contribution in [0.1, 0.15) is 5.56 Å². The first-order chi connectivity index (χ1) is 8.56. The van der Waals surface area contributed by atoms with Crippen molar-refractivity contribution in [3.8, 4) is 0 Å². The first-order valence-corrected chi connectivity index (χ1v) is 5.59. The lowest BCUT2D eigenvalue weighted by Gasteiger charge is -2.05. The second-order valence-electron chi connectivity index (χ2n) is 3.79. The summed E-state index contributed by atoms with van der Waals surface area (Å²) in [6.07, 6.45) is 3.55. The summed E-state index contributed by atoms with van der Waals surface area (Å²) in [5.41, 5.74) is 1.35. The average molecular weight is 267 g/mol. The summed E-state index contributed by atoms with van der Waals surface area (Å²) in [5, 5.41) is 18.2. The maximum Gasteiger partial charge on any atom is 0.293 e. The summed E-state index contributed by atoms with van der Waals surface area (Å²) in [4.78, 5) is 10.4. The molecule has 0 spiro atoms. The fourth-order valence-corrected chi connectivity index (χ4v) is 1.73. The van der Waals surface area contributed by atoms with Gasteiger partial charge in [0.05, 0.1) is 11.1 Å². The van der Waals surface area contributed by atoms with E-state index in [-0.39, 0.29) is 5.69 Å². The highest BCUT2D eigenvalue weighted by atomic mass is 35.5. The molecule has 0 unspecified atom stereocenters. The predicted octanol–water partition coefficient (Wildman–Crippen LogP) is 2.59. The van der Waals surface area contributed by atoms with Crippen molar-refractivity contribution in [2.24, 2.45) is 7.05 Å². The van der Waals surface area contributed by atoms with Crippen LogP contribution in [0.3, 0.4) is 0 Å². The van der Waals surface area contributed by atoms with E-state index in [1.54, 1.807) is 23.0 Å². The third-order valence-corrected chi connectivity index (χ3v) is 2.63. The van der Waals surface area contributed by atoms with Crippen LogP contribution in [0.15, 0.2) is 30.6 Å². The van der Waals surface area contributed by atoms with Crippen molar-refractivity contribution in [1.82, 2.24) is 9.78 Å². The number of halogens is 1. The van der Waals surface area contributed by atoms with E-state index in [0.29, 0.717) is 17.3 Å². The normalized spacial score (nSPS) is 10.3. The van der Waals surface area contributed by atoms with E-state index in [9.17, 15) is 10.1 Å². The lowest BCUT2D eigenvalue weighted by Crippen LogP contribution is -2.02. The Labute approximate surface area is 108 Å². The molecule has 0 fully saturated rings. The van der Waals surface area contributed by atoms with Gasteiger partial charge < -0.3 is 5.32 Å². The zero-order valence-electron chi connectivity index (χ0n) is 9.63. The molecular weight excluding hydrogens is 256 g/mol. The van der Waals surface area contributed by atoms with Crippen molar-refractivity contribution in [2.75, 3.05) is 5.32 Å². The molecule has 0 aliphatic carbocycles. The van der Waals surface area contributed by atoms with Crippen molar-refractivity contribution < 1.29 is 4.92 Å². The molecule has 1 heterocycles. The van der Waals surface area contributed by atoms with Crippen LogP contribution in [-0.2, 0) is 13.6 Å². The summed E-state index contributed by atoms with van der Waals surface area (Å²) >= 11 is 5.74. The number of nitro benzene ring substituents is 1. The van der Waals surface area contributed by atoms with Crippen molar-refractivity contribution in [2.45, 2.75) is 6.54 Å². The lowest BCUT2D eigenvalue weighted by atomic mass is 10.2.